The highest BCUT2D eigenvalue weighted by molar-refractivity contribution is 4.87. The predicted octanol–water partition coefficient (Wildman–Crippen LogP) is 1.28. The van der Waals surface area contributed by atoms with E-state index in [1.165, 1.54) is 45.4 Å². The second-order valence-electron chi connectivity index (χ2n) is 5.74. The average molecular weight is 225 g/mol. The molecule has 0 aromatic rings. The third-order valence-corrected chi connectivity index (χ3v) is 4.21. The van der Waals surface area contributed by atoms with E-state index in [1.807, 2.05) is 0 Å². The van der Waals surface area contributed by atoms with Crippen LogP contribution in [0.3, 0.4) is 0 Å². The Labute approximate surface area is 100.0 Å². The fourth-order valence-corrected chi connectivity index (χ4v) is 3.27. The summed E-state index contributed by atoms with van der Waals surface area (Å²) in [6, 6.07) is 1.82. The number of rotatable bonds is 3. The second kappa shape index (κ2) is 5.48. The third-order valence-electron chi connectivity index (χ3n) is 4.21. The van der Waals surface area contributed by atoms with E-state index in [0.717, 1.165) is 12.5 Å². The monoisotopic (exact) mass is 225 g/mol. The van der Waals surface area contributed by atoms with E-state index in [-0.39, 0.29) is 0 Å². The van der Waals surface area contributed by atoms with Crippen molar-refractivity contribution in [2.24, 2.45) is 5.73 Å². The molecule has 94 valence electrons. The van der Waals surface area contributed by atoms with Crippen LogP contribution in [0.1, 0.15) is 39.5 Å². The van der Waals surface area contributed by atoms with Crippen molar-refractivity contribution in [2.45, 2.75) is 57.7 Å². The molecule has 0 spiro atoms. The first-order valence-electron chi connectivity index (χ1n) is 6.90. The second-order valence-corrected chi connectivity index (χ2v) is 5.74. The highest BCUT2D eigenvalue weighted by Crippen LogP contribution is 2.22. The molecule has 0 amide bonds. The first-order valence-corrected chi connectivity index (χ1v) is 6.90. The molecule has 3 nitrogen and oxygen atoms in total. The highest BCUT2D eigenvalue weighted by Gasteiger charge is 2.30. The number of hydrogen-bond acceptors (Lipinski definition) is 3. The normalized spacial score (nSPS) is 32.1. The van der Waals surface area contributed by atoms with Crippen LogP contribution >= 0.6 is 0 Å². The SMILES string of the molecule is CC(N)CC(C)N1CCN2CCCCC2C1. The van der Waals surface area contributed by atoms with Crippen molar-refractivity contribution in [3.05, 3.63) is 0 Å². The van der Waals surface area contributed by atoms with Crippen molar-refractivity contribution in [3.8, 4) is 0 Å². The molecule has 2 aliphatic rings. The van der Waals surface area contributed by atoms with Crippen molar-refractivity contribution in [1.82, 2.24) is 9.80 Å². The molecule has 16 heavy (non-hydrogen) atoms. The van der Waals surface area contributed by atoms with Gasteiger partial charge in [0.15, 0.2) is 0 Å². The van der Waals surface area contributed by atoms with Gasteiger partial charge in [-0.2, -0.15) is 0 Å². The maximum absolute atomic E-state index is 5.89. The number of piperazine rings is 1. The molecular formula is C13H27N3. The number of hydrogen-bond donors (Lipinski definition) is 1. The first kappa shape index (κ1) is 12.3. The van der Waals surface area contributed by atoms with Gasteiger partial charge < -0.3 is 5.73 Å². The van der Waals surface area contributed by atoms with Crippen LogP contribution in [0.5, 0.6) is 0 Å². The van der Waals surface area contributed by atoms with Crippen LogP contribution in [0.2, 0.25) is 0 Å². The van der Waals surface area contributed by atoms with Crippen LogP contribution in [-0.4, -0.2) is 54.1 Å². The molecule has 2 aliphatic heterocycles. The zero-order chi connectivity index (χ0) is 11.5. The zero-order valence-corrected chi connectivity index (χ0v) is 10.9. The molecule has 3 unspecified atom stereocenters. The van der Waals surface area contributed by atoms with E-state index in [4.69, 9.17) is 5.73 Å². The largest absolute Gasteiger partial charge is 0.328 e. The number of fused-ring (bicyclic) bond motifs is 1. The molecule has 3 atom stereocenters. The Bertz CT molecular complexity index is 217. The van der Waals surface area contributed by atoms with Gasteiger partial charge in [0.2, 0.25) is 0 Å². The maximum atomic E-state index is 5.89. The van der Waals surface area contributed by atoms with E-state index in [1.54, 1.807) is 0 Å². The third kappa shape index (κ3) is 2.96. The molecule has 0 aromatic heterocycles. The Kier molecular flexibility index (Phi) is 4.22. The van der Waals surface area contributed by atoms with Crippen molar-refractivity contribution in [1.29, 1.82) is 0 Å². The molecule has 3 heteroatoms. The maximum Gasteiger partial charge on any atom is 0.0223 e. The minimum absolute atomic E-state index is 0.333. The lowest BCUT2D eigenvalue weighted by molar-refractivity contribution is 0.0283. The smallest absolute Gasteiger partial charge is 0.0223 e. The number of nitrogens with two attached hydrogens (primary N) is 1. The highest BCUT2D eigenvalue weighted by atomic mass is 15.3. The summed E-state index contributed by atoms with van der Waals surface area (Å²) in [5.74, 6) is 0. The molecule has 0 radical (unpaired) electrons. The van der Waals surface area contributed by atoms with Gasteiger partial charge in [0.1, 0.15) is 0 Å². The summed E-state index contributed by atoms with van der Waals surface area (Å²) in [6.45, 7) is 9.57. The molecule has 2 N–H and O–H groups in total. The van der Waals surface area contributed by atoms with Gasteiger partial charge in [-0.25, -0.2) is 0 Å². The van der Waals surface area contributed by atoms with Crippen LogP contribution in [0.4, 0.5) is 0 Å². The summed E-state index contributed by atoms with van der Waals surface area (Å²) >= 11 is 0. The lowest BCUT2D eigenvalue weighted by atomic mass is 9.98. The first-order chi connectivity index (χ1) is 7.66. The Morgan fingerprint density at radius 2 is 2.00 bits per heavy atom. The molecule has 2 fully saturated rings. The summed E-state index contributed by atoms with van der Waals surface area (Å²) < 4.78 is 0. The van der Waals surface area contributed by atoms with Crippen LogP contribution in [0.15, 0.2) is 0 Å². The minimum atomic E-state index is 0.333. The van der Waals surface area contributed by atoms with Crippen molar-refractivity contribution in [2.75, 3.05) is 26.2 Å². The van der Waals surface area contributed by atoms with Gasteiger partial charge in [0, 0.05) is 37.8 Å². The standard InChI is InChI=1S/C13H27N3/c1-11(14)9-12(2)16-8-7-15-6-4-3-5-13(15)10-16/h11-13H,3-10,14H2,1-2H3. The van der Waals surface area contributed by atoms with Gasteiger partial charge in [-0.05, 0) is 39.7 Å². The molecule has 0 saturated carbocycles. The molecule has 0 bridgehead atoms. The van der Waals surface area contributed by atoms with E-state index in [9.17, 15) is 0 Å². The van der Waals surface area contributed by atoms with Gasteiger partial charge in [-0.15, -0.1) is 0 Å². The molecule has 2 saturated heterocycles. The van der Waals surface area contributed by atoms with Crippen LogP contribution in [0, 0.1) is 0 Å². The van der Waals surface area contributed by atoms with Gasteiger partial charge in [0.05, 0.1) is 0 Å². The Hall–Kier alpha value is -0.120. The van der Waals surface area contributed by atoms with Crippen molar-refractivity contribution in [3.63, 3.8) is 0 Å². The summed E-state index contributed by atoms with van der Waals surface area (Å²) in [5.41, 5.74) is 5.89. The van der Waals surface area contributed by atoms with Gasteiger partial charge in [0.25, 0.3) is 0 Å². The minimum Gasteiger partial charge on any atom is -0.328 e. The zero-order valence-electron chi connectivity index (χ0n) is 10.9. The lowest BCUT2D eigenvalue weighted by Gasteiger charge is -2.46. The van der Waals surface area contributed by atoms with Gasteiger partial charge >= 0.3 is 0 Å². The molecule has 2 heterocycles. The number of piperidine rings is 1. The molecule has 0 aromatic carbocycles. The Balaban J connectivity index is 1.84. The Morgan fingerprint density at radius 3 is 2.75 bits per heavy atom. The predicted molar refractivity (Wildman–Crippen MR) is 68.5 cm³/mol. The summed E-state index contributed by atoms with van der Waals surface area (Å²) in [5, 5.41) is 0. The van der Waals surface area contributed by atoms with Crippen molar-refractivity contribution >= 4 is 0 Å². The fourth-order valence-electron chi connectivity index (χ4n) is 3.27. The summed E-state index contributed by atoms with van der Waals surface area (Å²) in [6.07, 6.45) is 5.37. The summed E-state index contributed by atoms with van der Waals surface area (Å²) in [7, 11) is 0. The van der Waals surface area contributed by atoms with E-state index in [2.05, 4.69) is 23.6 Å². The molecular weight excluding hydrogens is 198 g/mol. The molecule has 0 aliphatic carbocycles. The summed E-state index contributed by atoms with van der Waals surface area (Å²) in [4.78, 5) is 5.34. The van der Waals surface area contributed by atoms with Crippen LogP contribution in [-0.2, 0) is 0 Å². The van der Waals surface area contributed by atoms with Crippen molar-refractivity contribution < 1.29 is 0 Å². The molecule has 2 rings (SSSR count). The van der Waals surface area contributed by atoms with Gasteiger partial charge in [-0.3, -0.25) is 9.80 Å². The van der Waals surface area contributed by atoms with E-state index >= 15 is 0 Å². The van der Waals surface area contributed by atoms with Crippen LogP contribution in [0.25, 0.3) is 0 Å². The lowest BCUT2D eigenvalue weighted by Crippen LogP contribution is -2.57. The quantitative estimate of drug-likeness (QED) is 0.785. The number of nitrogens with zero attached hydrogens (tertiary/aromatic N) is 2. The average Bonchev–Trinajstić information content (AvgIpc) is 2.27. The van der Waals surface area contributed by atoms with E-state index in [0.29, 0.717) is 12.1 Å². The topological polar surface area (TPSA) is 32.5 Å². The van der Waals surface area contributed by atoms with E-state index < -0.39 is 0 Å². The fraction of sp³-hybridized carbons (Fsp3) is 1.00. The Morgan fingerprint density at radius 1 is 1.19 bits per heavy atom. The van der Waals surface area contributed by atoms with Gasteiger partial charge in [-0.1, -0.05) is 6.42 Å². The van der Waals surface area contributed by atoms with Crippen LogP contribution < -0.4 is 5.73 Å².